The molecular weight excluding hydrogens is 224 g/mol. The Balaban J connectivity index is 2.15. The van der Waals surface area contributed by atoms with Gasteiger partial charge in [-0.2, -0.15) is 0 Å². The molecule has 0 saturated heterocycles. The minimum Gasteiger partial charge on any atom is -0.370 e. The summed E-state index contributed by atoms with van der Waals surface area (Å²) in [5, 5.41) is 3.27. The van der Waals surface area contributed by atoms with E-state index in [0.717, 1.165) is 24.0 Å². The Morgan fingerprint density at radius 1 is 1.28 bits per heavy atom. The molecule has 1 aliphatic rings. The summed E-state index contributed by atoms with van der Waals surface area (Å²) in [7, 11) is 2.16. The van der Waals surface area contributed by atoms with Crippen molar-refractivity contribution in [2.75, 3.05) is 23.8 Å². The highest BCUT2D eigenvalue weighted by Crippen LogP contribution is 2.25. The van der Waals surface area contributed by atoms with Gasteiger partial charge in [0, 0.05) is 25.7 Å². The molecule has 4 heteroatoms. The van der Waals surface area contributed by atoms with Crippen LogP contribution < -0.4 is 10.2 Å². The molecule has 0 radical (unpaired) electrons. The van der Waals surface area contributed by atoms with E-state index in [1.54, 1.807) is 0 Å². The molecule has 0 aliphatic heterocycles. The van der Waals surface area contributed by atoms with E-state index in [1.165, 1.54) is 32.1 Å². The van der Waals surface area contributed by atoms with Gasteiger partial charge in [0.2, 0.25) is 0 Å². The minimum atomic E-state index is 0.641. The lowest BCUT2D eigenvalue weighted by molar-refractivity contribution is 0.426. The Morgan fingerprint density at radius 3 is 2.67 bits per heavy atom. The Kier molecular flexibility index (Phi) is 4.39. The molecule has 4 nitrogen and oxygen atoms in total. The normalized spacial score (nSPS) is 16.6. The lowest BCUT2D eigenvalue weighted by atomic mass is 9.94. The van der Waals surface area contributed by atoms with Gasteiger partial charge in [-0.15, -0.1) is 0 Å². The predicted molar refractivity (Wildman–Crippen MR) is 76.2 cm³/mol. The molecule has 100 valence electrons. The van der Waals surface area contributed by atoms with Crippen LogP contribution in [0.25, 0.3) is 0 Å². The van der Waals surface area contributed by atoms with E-state index < -0.39 is 0 Å². The van der Waals surface area contributed by atoms with E-state index in [0.29, 0.717) is 6.04 Å². The Labute approximate surface area is 110 Å². The van der Waals surface area contributed by atoms with Crippen LogP contribution in [-0.4, -0.2) is 29.6 Å². The second kappa shape index (κ2) is 6.03. The van der Waals surface area contributed by atoms with Crippen LogP contribution in [0.4, 0.5) is 11.6 Å². The lowest BCUT2D eigenvalue weighted by Crippen LogP contribution is -2.34. The molecule has 0 atom stereocenters. The highest BCUT2D eigenvalue weighted by Gasteiger charge is 2.19. The van der Waals surface area contributed by atoms with Gasteiger partial charge in [-0.25, -0.2) is 9.97 Å². The number of nitrogens with one attached hydrogen (secondary N) is 1. The highest BCUT2D eigenvalue weighted by atomic mass is 15.2. The number of aryl methyl sites for hydroxylation is 1. The van der Waals surface area contributed by atoms with E-state index >= 15 is 0 Å². The molecular formula is C14H24N4. The molecule has 2 rings (SSSR count). The van der Waals surface area contributed by atoms with Crippen LogP contribution in [0.3, 0.4) is 0 Å². The van der Waals surface area contributed by atoms with Crippen molar-refractivity contribution >= 4 is 11.6 Å². The van der Waals surface area contributed by atoms with Crippen molar-refractivity contribution in [2.24, 2.45) is 0 Å². The SMILES string of the molecule is CCNc1cc(N(C)C2CCCCC2)nc(C)n1. The maximum absolute atomic E-state index is 4.57. The molecule has 1 aliphatic carbocycles. The van der Waals surface area contributed by atoms with E-state index in [2.05, 4.69) is 40.2 Å². The molecule has 0 spiro atoms. The van der Waals surface area contributed by atoms with Gasteiger partial charge in [0.1, 0.15) is 17.5 Å². The van der Waals surface area contributed by atoms with Crippen LogP contribution in [-0.2, 0) is 0 Å². The molecule has 0 amide bonds. The van der Waals surface area contributed by atoms with Crippen molar-refractivity contribution in [2.45, 2.75) is 52.0 Å². The van der Waals surface area contributed by atoms with Crippen molar-refractivity contribution in [3.05, 3.63) is 11.9 Å². The van der Waals surface area contributed by atoms with Crippen LogP contribution >= 0.6 is 0 Å². The number of anilines is 2. The fourth-order valence-electron chi connectivity index (χ4n) is 2.66. The third-order valence-corrected chi connectivity index (χ3v) is 3.67. The van der Waals surface area contributed by atoms with Crippen molar-refractivity contribution in [3.8, 4) is 0 Å². The predicted octanol–water partition coefficient (Wildman–Crippen LogP) is 2.99. The van der Waals surface area contributed by atoms with Crippen LogP contribution in [0.15, 0.2) is 6.07 Å². The topological polar surface area (TPSA) is 41.0 Å². The lowest BCUT2D eigenvalue weighted by Gasteiger charge is -2.32. The first-order chi connectivity index (χ1) is 8.70. The van der Waals surface area contributed by atoms with Crippen LogP contribution in [0.5, 0.6) is 0 Å². The van der Waals surface area contributed by atoms with Crippen molar-refractivity contribution < 1.29 is 0 Å². The number of nitrogens with zero attached hydrogens (tertiary/aromatic N) is 3. The van der Waals surface area contributed by atoms with E-state index in [4.69, 9.17) is 0 Å². The zero-order valence-corrected chi connectivity index (χ0v) is 11.7. The molecule has 1 heterocycles. The van der Waals surface area contributed by atoms with E-state index in [1.807, 2.05) is 6.92 Å². The Bertz CT molecular complexity index is 385. The molecule has 1 aromatic heterocycles. The molecule has 1 N–H and O–H groups in total. The van der Waals surface area contributed by atoms with Gasteiger partial charge in [-0.1, -0.05) is 19.3 Å². The number of aromatic nitrogens is 2. The van der Waals surface area contributed by atoms with Gasteiger partial charge in [-0.05, 0) is 26.7 Å². The molecule has 0 aromatic carbocycles. The molecule has 1 fully saturated rings. The molecule has 18 heavy (non-hydrogen) atoms. The van der Waals surface area contributed by atoms with Crippen LogP contribution in [0.2, 0.25) is 0 Å². The second-order valence-electron chi connectivity index (χ2n) is 5.09. The number of rotatable bonds is 4. The third-order valence-electron chi connectivity index (χ3n) is 3.67. The Hall–Kier alpha value is -1.32. The zero-order chi connectivity index (χ0) is 13.0. The second-order valence-corrected chi connectivity index (χ2v) is 5.09. The van der Waals surface area contributed by atoms with Gasteiger partial charge in [0.05, 0.1) is 0 Å². The summed E-state index contributed by atoms with van der Waals surface area (Å²) in [6, 6.07) is 2.70. The smallest absolute Gasteiger partial charge is 0.134 e. The summed E-state index contributed by atoms with van der Waals surface area (Å²) in [4.78, 5) is 11.3. The first-order valence-corrected chi connectivity index (χ1v) is 7.03. The van der Waals surface area contributed by atoms with Crippen molar-refractivity contribution in [1.82, 2.24) is 9.97 Å². The van der Waals surface area contributed by atoms with Crippen LogP contribution in [0, 0.1) is 6.92 Å². The van der Waals surface area contributed by atoms with E-state index in [9.17, 15) is 0 Å². The monoisotopic (exact) mass is 248 g/mol. The molecule has 0 bridgehead atoms. The number of hydrogen-bond donors (Lipinski definition) is 1. The quantitative estimate of drug-likeness (QED) is 0.889. The minimum absolute atomic E-state index is 0.641. The van der Waals surface area contributed by atoms with Crippen molar-refractivity contribution in [1.29, 1.82) is 0 Å². The first kappa shape index (κ1) is 13.1. The van der Waals surface area contributed by atoms with Crippen molar-refractivity contribution in [3.63, 3.8) is 0 Å². The fourth-order valence-corrected chi connectivity index (χ4v) is 2.66. The molecule has 0 unspecified atom stereocenters. The van der Waals surface area contributed by atoms with Gasteiger partial charge in [0.15, 0.2) is 0 Å². The summed E-state index contributed by atoms with van der Waals surface area (Å²) in [5.41, 5.74) is 0. The maximum atomic E-state index is 4.57. The van der Waals surface area contributed by atoms with Gasteiger partial charge >= 0.3 is 0 Å². The Morgan fingerprint density at radius 2 is 2.00 bits per heavy atom. The third kappa shape index (κ3) is 3.12. The summed E-state index contributed by atoms with van der Waals surface area (Å²) in [6.07, 6.45) is 6.65. The fraction of sp³-hybridized carbons (Fsp3) is 0.714. The van der Waals surface area contributed by atoms with Crippen LogP contribution in [0.1, 0.15) is 44.9 Å². The van der Waals surface area contributed by atoms with E-state index in [-0.39, 0.29) is 0 Å². The van der Waals surface area contributed by atoms with Gasteiger partial charge < -0.3 is 10.2 Å². The molecule has 1 aromatic rings. The summed E-state index contributed by atoms with van der Waals surface area (Å²) >= 11 is 0. The summed E-state index contributed by atoms with van der Waals surface area (Å²) < 4.78 is 0. The van der Waals surface area contributed by atoms with Gasteiger partial charge in [0.25, 0.3) is 0 Å². The summed E-state index contributed by atoms with van der Waals surface area (Å²) in [5.74, 6) is 2.82. The standard InChI is InChI=1S/C14H24N4/c1-4-15-13-10-14(17-11(2)16-13)18(3)12-8-6-5-7-9-12/h10,12H,4-9H2,1-3H3,(H,15,16,17). The first-order valence-electron chi connectivity index (χ1n) is 7.03. The largest absolute Gasteiger partial charge is 0.370 e. The average Bonchev–Trinajstić information content (AvgIpc) is 2.38. The van der Waals surface area contributed by atoms with Gasteiger partial charge in [-0.3, -0.25) is 0 Å². The maximum Gasteiger partial charge on any atom is 0.134 e. The average molecular weight is 248 g/mol. The number of hydrogen-bond acceptors (Lipinski definition) is 4. The highest BCUT2D eigenvalue weighted by molar-refractivity contribution is 5.49. The summed E-state index contributed by atoms with van der Waals surface area (Å²) in [6.45, 7) is 4.93. The molecule has 1 saturated carbocycles. The zero-order valence-electron chi connectivity index (χ0n) is 11.7.